The van der Waals surface area contributed by atoms with Gasteiger partial charge in [0.2, 0.25) is 0 Å². The van der Waals surface area contributed by atoms with Gasteiger partial charge in [0.1, 0.15) is 24.5 Å². The van der Waals surface area contributed by atoms with Gasteiger partial charge in [-0.1, -0.05) is 0 Å². The second kappa shape index (κ2) is 13.7. The van der Waals surface area contributed by atoms with E-state index < -0.39 is 24.5 Å². The Morgan fingerprint density at radius 1 is 0.933 bits per heavy atom. The average Bonchev–Trinajstić information content (AvgIpc) is 1.93. The molecule has 5 N–H and O–H groups in total. The van der Waals surface area contributed by atoms with Crippen molar-refractivity contribution in [1.29, 1.82) is 0 Å². The van der Waals surface area contributed by atoms with Crippen LogP contribution in [0, 0.1) is 0 Å². The van der Waals surface area contributed by atoms with Crippen LogP contribution < -0.4 is 55.4 Å². The molecule has 1 rings (SSSR count). The van der Waals surface area contributed by atoms with Crippen molar-refractivity contribution in [2.45, 2.75) is 24.5 Å². The van der Waals surface area contributed by atoms with E-state index in [4.69, 9.17) is 25.8 Å². The van der Waals surface area contributed by atoms with E-state index in [9.17, 15) is 0 Å². The van der Waals surface area contributed by atoms with Crippen LogP contribution in [0.4, 0.5) is 0 Å². The first-order valence-corrected chi connectivity index (χ1v) is 3.04. The number of hydrogen-bond acceptors (Lipinski definition) is 5. The van der Waals surface area contributed by atoms with Crippen molar-refractivity contribution in [3.63, 3.8) is 0 Å². The summed E-state index contributed by atoms with van der Waals surface area (Å²) in [5, 5.41) is 26.8. The van der Waals surface area contributed by atoms with Crippen molar-refractivity contribution in [2.75, 3.05) is 6.61 Å². The van der Waals surface area contributed by atoms with E-state index in [0.717, 1.165) is 0 Å². The van der Waals surface area contributed by atoms with Gasteiger partial charge in [-0.15, -0.1) is 0 Å². The van der Waals surface area contributed by atoms with Crippen molar-refractivity contribution in [3.8, 4) is 0 Å². The fourth-order valence-electron chi connectivity index (χ4n) is 0.829. The van der Waals surface area contributed by atoms with E-state index in [-0.39, 0.29) is 77.3 Å². The summed E-state index contributed by atoms with van der Waals surface area (Å²) >= 11 is 0. The molecular weight excluding hydrogens is 475 g/mol. The van der Waals surface area contributed by atoms with Crippen molar-refractivity contribution < 1.29 is 90.7 Å². The zero-order chi connectivity index (χ0) is 7.72. The van der Waals surface area contributed by atoms with E-state index in [0.29, 0.717) is 0 Å². The van der Waals surface area contributed by atoms with Gasteiger partial charge in [0, 0.05) is 0 Å². The van der Waals surface area contributed by atoms with Gasteiger partial charge in [0.15, 0.2) is 0 Å². The second-order valence-corrected chi connectivity index (χ2v) is 2.35. The predicted molar refractivity (Wildman–Crippen MR) is 31.9 cm³/mol. The van der Waals surface area contributed by atoms with Crippen LogP contribution in [-0.4, -0.2) is 46.5 Å². The van der Waals surface area contributed by atoms with Gasteiger partial charge in [-0.3, -0.25) is 0 Å². The van der Waals surface area contributed by atoms with Gasteiger partial charge in [0.05, 0.1) is 6.61 Å². The van der Waals surface area contributed by atoms with E-state index in [2.05, 4.69) is 0 Å². The summed E-state index contributed by atoms with van der Waals surface area (Å²) in [4.78, 5) is 0. The van der Waals surface area contributed by atoms with Crippen molar-refractivity contribution in [2.24, 2.45) is 5.73 Å². The largest absolute Gasteiger partial charge is 4.00 e. The molecule has 0 amide bonds. The van der Waals surface area contributed by atoms with Crippen LogP contribution in [0.1, 0.15) is 0 Å². The summed E-state index contributed by atoms with van der Waals surface area (Å²) in [5.74, 6) is 0. The monoisotopic (exact) mass is 484 g/mol. The Morgan fingerprint density at radius 3 is 1.67 bits per heavy atom. The first kappa shape index (κ1) is 30.0. The molecule has 4 atom stereocenters. The van der Waals surface area contributed by atoms with E-state index in [1.165, 1.54) is 0 Å². The maximum Gasteiger partial charge on any atom is 4.00 e. The number of hydrogen-bond donors (Lipinski definition) is 4. The van der Waals surface area contributed by atoms with Crippen LogP contribution in [0.15, 0.2) is 0 Å². The third kappa shape index (κ3) is 8.38. The molecule has 0 aliphatic carbocycles. The summed E-state index contributed by atoms with van der Waals surface area (Å²) in [6.07, 6.45) is -4.30. The third-order valence-corrected chi connectivity index (χ3v) is 1.54. The SMILES string of the molecule is NC1OC[C@@H](O)[C@@H](O)[C@H]1O.[Cl-].[Cl-].[Cl-].[Cl-].[Pt+4]. The Labute approximate surface area is 127 Å². The van der Waals surface area contributed by atoms with Crippen LogP contribution in [0.2, 0.25) is 0 Å². The molecule has 0 saturated carbocycles. The number of aliphatic hydroxyl groups excluding tert-OH is 3. The number of halogens is 4. The van der Waals surface area contributed by atoms with Crippen molar-refractivity contribution >= 4 is 0 Å². The fourth-order valence-corrected chi connectivity index (χ4v) is 0.829. The minimum absolute atomic E-state index is 0. The quantitative estimate of drug-likeness (QED) is 0.273. The van der Waals surface area contributed by atoms with Gasteiger partial charge in [0.25, 0.3) is 0 Å². The Kier molecular flexibility index (Phi) is 27.5. The minimum atomic E-state index is -1.19. The normalized spacial score (nSPS) is 32.8. The summed E-state index contributed by atoms with van der Waals surface area (Å²) < 4.78 is 4.69. The molecule has 0 aromatic heterocycles. The molecule has 0 spiro atoms. The molecule has 5 nitrogen and oxygen atoms in total. The van der Waals surface area contributed by atoms with E-state index in [1.807, 2.05) is 0 Å². The summed E-state index contributed by atoms with van der Waals surface area (Å²) in [7, 11) is 0. The molecule has 0 bridgehead atoms. The van der Waals surface area contributed by atoms with Gasteiger partial charge in [-0.05, 0) is 0 Å². The number of nitrogens with two attached hydrogens (primary N) is 1. The molecule has 15 heavy (non-hydrogen) atoms. The van der Waals surface area contributed by atoms with Gasteiger partial charge < -0.3 is 75.4 Å². The Bertz CT molecular complexity index is 124. The summed E-state index contributed by atoms with van der Waals surface area (Å²) in [5.41, 5.74) is 5.19. The fraction of sp³-hybridized carbons (Fsp3) is 1.00. The zero-order valence-corrected chi connectivity index (χ0v) is 12.5. The molecule has 0 aromatic carbocycles. The van der Waals surface area contributed by atoms with Gasteiger partial charge in [-0.25, -0.2) is 0 Å². The minimum Gasteiger partial charge on any atom is -1.00 e. The smallest absolute Gasteiger partial charge is 1.00 e. The van der Waals surface area contributed by atoms with Crippen LogP contribution in [-0.2, 0) is 25.8 Å². The Morgan fingerprint density at radius 2 is 1.33 bits per heavy atom. The molecule has 0 radical (unpaired) electrons. The average molecular weight is 486 g/mol. The maximum absolute atomic E-state index is 8.96. The van der Waals surface area contributed by atoms with E-state index >= 15 is 0 Å². The van der Waals surface area contributed by atoms with Crippen molar-refractivity contribution in [3.05, 3.63) is 0 Å². The summed E-state index contributed by atoms with van der Waals surface area (Å²) in [6, 6.07) is 0. The van der Waals surface area contributed by atoms with Crippen molar-refractivity contribution in [1.82, 2.24) is 0 Å². The summed E-state index contributed by atoms with van der Waals surface area (Å²) in [6.45, 7) is -0.0284. The van der Waals surface area contributed by atoms with Gasteiger partial charge in [-0.2, -0.15) is 0 Å². The molecule has 1 heterocycles. The molecule has 10 heteroatoms. The molecule has 0 aromatic rings. The zero-order valence-electron chi connectivity index (χ0n) is 7.17. The van der Waals surface area contributed by atoms with Crippen LogP contribution in [0.5, 0.6) is 0 Å². The van der Waals surface area contributed by atoms with Crippen LogP contribution in [0.3, 0.4) is 0 Å². The maximum atomic E-state index is 8.96. The predicted octanol–water partition coefficient (Wildman–Crippen LogP) is -14.6. The molecule has 1 aliphatic rings. The Hall–Kier alpha value is 1.65. The topological polar surface area (TPSA) is 95.9 Å². The molecule has 1 saturated heterocycles. The first-order valence-electron chi connectivity index (χ1n) is 3.04. The first-order chi connectivity index (χ1) is 4.63. The third-order valence-electron chi connectivity index (χ3n) is 1.54. The number of ether oxygens (including phenoxy) is 1. The molecule has 1 aliphatic heterocycles. The standard InChI is InChI=1S/C5H11NO4.4ClH.Pt/c6-5-4(9)3(8)2(7)1-10-5;;;;;/h2-5,7-9H,1,6H2;4*1H;/q;;;;;+4/p-4/t2-,3-,4-,5?;;;;;/m1...../s1. The Balaban J connectivity index is -0.0000000667. The molecular formula is C5H11Cl4NO4Pt. The molecule has 1 fully saturated rings. The molecule has 98 valence electrons. The van der Waals surface area contributed by atoms with Crippen LogP contribution >= 0.6 is 0 Å². The van der Waals surface area contributed by atoms with Gasteiger partial charge >= 0.3 is 21.1 Å². The van der Waals surface area contributed by atoms with E-state index in [1.54, 1.807) is 0 Å². The van der Waals surface area contributed by atoms with Crippen LogP contribution in [0.25, 0.3) is 0 Å². The second-order valence-electron chi connectivity index (χ2n) is 2.35. The molecule has 1 unspecified atom stereocenters. The number of aliphatic hydroxyl groups is 3. The number of rotatable bonds is 0.